The number of rotatable bonds is 4. The average Bonchev–Trinajstić information content (AvgIpc) is 3.23. The fraction of sp³-hybridized carbons (Fsp3) is 0.455. The Balaban J connectivity index is 1.64. The van der Waals surface area contributed by atoms with Crippen LogP contribution in [-0.4, -0.2) is 41.5 Å². The van der Waals surface area contributed by atoms with Crippen molar-refractivity contribution in [3.63, 3.8) is 0 Å². The number of carbonyl (C=O) groups excluding carboxylic acids is 1. The molecule has 2 saturated heterocycles. The first kappa shape index (κ1) is 18.9. The number of hydrogen-bond acceptors (Lipinski definition) is 4. The Morgan fingerprint density at radius 1 is 1.29 bits per heavy atom. The summed E-state index contributed by atoms with van der Waals surface area (Å²) in [7, 11) is 1.86. The molecule has 2 fully saturated rings. The van der Waals surface area contributed by atoms with E-state index in [0.717, 1.165) is 48.3 Å². The third kappa shape index (κ3) is 3.26. The van der Waals surface area contributed by atoms with Crippen LogP contribution in [0.1, 0.15) is 43.6 Å². The van der Waals surface area contributed by atoms with Crippen molar-refractivity contribution in [1.29, 1.82) is 0 Å². The molecule has 2 aromatic rings. The van der Waals surface area contributed by atoms with E-state index in [9.17, 15) is 9.18 Å². The zero-order valence-electron chi connectivity index (χ0n) is 16.6. The normalized spacial score (nSPS) is 24.4. The van der Waals surface area contributed by atoms with Gasteiger partial charge >= 0.3 is 0 Å². The Morgan fingerprint density at radius 2 is 2.11 bits per heavy atom. The first-order valence-electron chi connectivity index (χ1n) is 9.86. The van der Waals surface area contributed by atoms with Gasteiger partial charge < -0.3 is 9.64 Å². The summed E-state index contributed by atoms with van der Waals surface area (Å²) < 4.78 is 19.3. The number of likely N-dealkylation sites (tertiary alicyclic amines) is 1. The van der Waals surface area contributed by atoms with Crippen molar-refractivity contribution in [2.45, 2.75) is 44.7 Å². The minimum Gasteiger partial charge on any atom is -0.491 e. The second-order valence-corrected chi connectivity index (χ2v) is 7.79. The number of likely N-dealkylation sites (N-methyl/N-ethyl adjacent to an activating group) is 1. The van der Waals surface area contributed by atoms with Crippen LogP contribution in [-0.2, 0) is 4.79 Å². The van der Waals surface area contributed by atoms with Gasteiger partial charge in [-0.15, -0.1) is 0 Å². The van der Waals surface area contributed by atoms with Crippen molar-refractivity contribution in [3.8, 4) is 16.9 Å². The van der Waals surface area contributed by atoms with E-state index in [1.54, 1.807) is 17.0 Å². The SMILES string of the molecule is CCOc1cc(-c2cc(C)nc(C3CCC4(CCN(C)C4=O)N3)c2)ccc1F. The molecule has 1 spiro atoms. The molecule has 2 atom stereocenters. The fourth-order valence-corrected chi connectivity index (χ4v) is 4.38. The lowest BCUT2D eigenvalue weighted by Gasteiger charge is -2.23. The van der Waals surface area contributed by atoms with Crippen LogP contribution >= 0.6 is 0 Å². The number of ether oxygens (including phenoxy) is 1. The monoisotopic (exact) mass is 383 g/mol. The fourth-order valence-electron chi connectivity index (χ4n) is 4.38. The molecule has 1 N–H and O–H groups in total. The number of aryl methyl sites for hydroxylation is 1. The minimum atomic E-state index is -0.441. The lowest BCUT2D eigenvalue weighted by molar-refractivity contribution is -0.131. The van der Waals surface area contributed by atoms with Crippen molar-refractivity contribution in [1.82, 2.24) is 15.2 Å². The minimum absolute atomic E-state index is 0.0425. The summed E-state index contributed by atoms with van der Waals surface area (Å²) in [5.41, 5.74) is 3.24. The highest BCUT2D eigenvalue weighted by atomic mass is 19.1. The molecule has 3 heterocycles. The number of carbonyl (C=O) groups is 1. The average molecular weight is 383 g/mol. The van der Waals surface area contributed by atoms with Gasteiger partial charge in [0.2, 0.25) is 5.91 Å². The van der Waals surface area contributed by atoms with Crippen LogP contribution in [0.25, 0.3) is 11.1 Å². The molecule has 4 rings (SSSR count). The zero-order valence-corrected chi connectivity index (χ0v) is 16.6. The summed E-state index contributed by atoms with van der Waals surface area (Å²) in [6.07, 6.45) is 2.55. The molecule has 5 nitrogen and oxygen atoms in total. The van der Waals surface area contributed by atoms with Gasteiger partial charge in [-0.1, -0.05) is 6.07 Å². The third-order valence-corrected chi connectivity index (χ3v) is 5.84. The van der Waals surface area contributed by atoms with Crippen LogP contribution in [0.5, 0.6) is 5.75 Å². The summed E-state index contributed by atoms with van der Waals surface area (Å²) in [6.45, 7) is 5.00. The van der Waals surface area contributed by atoms with Crippen LogP contribution in [0.4, 0.5) is 4.39 Å². The van der Waals surface area contributed by atoms with Crippen LogP contribution < -0.4 is 10.1 Å². The van der Waals surface area contributed by atoms with Gasteiger partial charge in [-0.2, -0.15) is 0 Å². The first-order chi connectivity index (χ1) is 13.4. The van der Waals surface area contributed by atoms with E-state index in [0.29, 0.717) is 6.61 Å². The smallest absolute Gasteiger partial charge is 0.242 e. The highest BCUT2D eigenvalue weighted by molar-refractivity contribution is 5.88. The summed E-state index contributed by atoms with van der Waals surface area (Å²) >= 11 is 0. The highest BCUT2D eigenvalue weighted by Gasteiger charge is 2.50. The largest absolute Gasteiger partial charge is 0.491 e. The Labute approximate surface area is 164 Å². The van der Waals surface area contributed by atoms with Crippen molar-refractivity contribution in [3.05, 3.63) is 47.5 Å². The number of pyridine rings is 1. The molecule has 2 unspecified atom stereocenters. The molecule has 2 aliphatic rings. The predicted octanol–water partition coefficient (Wildman–Crippen LogP) is 3.62. The summed E-state index contributed by atoms with van der Waals surface area (Å²) in [5.74, 6) is 0.0798. The van der Waals surface area contributed by atoms with Crippen molar-refractivity contribution in [2.24, 2.45) is 0 Å². The summed E-state index contributed by atoms with van der Waals surface area (Å²) in [4.78, 5) is 19.1. The van der Waals surface area contributed by atoms with Gasteiger partial charge in [-0.3, -0.25) is 15.1 Å². The van der Waals surface area contributed by atoms with Crippen molar-refractivity contribution < 1.29 is 13.9 Å². The molecule has 1 amide bonds. The predicted molar refractivity (Wildman–Crippen MR) is 106 cm³/mol. The van der Waals surface area contributed by atoms with E-state index in [4.69, 9.17) is 9.72 Å². The van der Waals surface area contributed by atoms with Gasteiger partial charge in [0, 0.05) is 19.3 Å². The Bertz CT molecular complexity index is 917. The van der Waals surface area contributed by atoms with E-state index < -0.39 is 5.54 Å². The van der Waals surface area contributed by atoms with Crippen molar-refractivity contribution in [2.75, 3.05) is 20.2 Å². The Kier molecular flexibility index (Phi) is 4.83. The number of hydrogen-bond donors (Lipinski definition) is 1. The van der Waals surface area contributed by atoms with Crippen LogP contribution in [0, 0.1) is 12.7 Å². The number of nitrogens with one attached hydrogen (secondary N) is 1. The summed E-state index contributed by atoms with van der Waals surface area (Å²) in [5, 5.41) is 3.57. The zero-order chi connectivity index (χ0) is 19.9. The molecule has 148 valence electrons. The third-order valence-electron chi connectivity index (χ3n) is 5.84. The molecule has 0 bridgehead atoms. The van der Waals surface area contributed by atoms with E-state index in [1.807, 2.05) is 33.0 Å². The van der Waals surface area contributed by atoms with E-state index in [1.165, 1.54) is 6.07 Å². The second kappa shape index (κ2) is 7.17. The molecule has 1 aromatic heterocycles. The molecular weight excluding hydrogens is 357 g/mol. The first-order valence-corrected chi connectivity index (χ1v) is 9.86. The second-order valence-electron chi connectivity index (χ2n) is 7.79. The van der Waals surface area contributed by atoms with Gasteiger partial charge in [0.1, 0.15) is 5.54 Å². The van der Waals surface area contributed by atoms with Crippen LogP contribution in [0.15, 0.2) is 30.3 Å². The molecule has 0 radical (unpaired) electrons. The number of benzene rings is 1. The molecule has 2 aliphatic heterocycles. The number of nitrogens with zero attached hydrogens (tertiary/aromatic N) is 2. The molecular formula is C22H26FN3O2. The van der Waals surface area contributed by atoms with Gasteiger partial charge in [-0.05, 0) is 68.5 Å². The maximum absolute atomic E-state index is 13.9. The van der Waals surface area contributed by atoms with Crippen molar-refractivity contribution >= 4 is 5.91 Å². The summed E-state index contributed by atoms with van der Waals surface area (Å²) in [6, 6.07) is 9.00. The van der Waals surface area contributed by atoms with Crippen LogP contribution in [0.3, 0.4) is 0 Å². The highest BCUT2D eigenvalue weighted by Crippen LogP contribution is 2.39. The molecule has 0 aliphatic carbocycles. The van der Waals surface area contributed by atoms with E-state index in [-0.39, 0.29) is 23.5 Å². The molecule has 0 saturated carbocycles. The van der Waals surface area contributed by atoms with Gasteiger partial charge in [0.25, 0.3) is 0 Å². The lowest BCUT2D eigenvalue weighted by Crippen LogP contribution is -2.47. The van der Waals surface area contributed by atoms with E-state index in [2.05, 4.69) is 5.32 Å². The van der Waals surface area contributed by atoms with Crippen LogP contribution in [0.2, 0.25) is 0 Å². The molecule has 28 heavy (non-hydrogen) atoms. The maximum Gasteiger partial charge on any atom is 0.242 e. The standard InChI is InChI=1S/C22H26FN3O2/c1-4-28-20-13-15(5-6-17(20)23)16-11-14(2)24-19(12-16)18-7-8-22(25-18)9-10-26(3)21(22)27/h5-6,11-13,18,25H,4,7-10H2,1-3H3. The maximum atomic E-state index is 13.9. The van der Waals surface area contributed by atoms with E-state index >= 15 is 0 Å². The quantitative estimate of drug-likeness (QED) is 0.876. The number of aromatic nitrogens is 1. The van der Waals surface area contributed by atoms with Gasteiger partial charge in [0.05, 0.1) is 18.3 Å². The van der Waals surface area contributed by atoms with Gasteiger partial charge in [-0.25, -0.2) is 4.39 Å². The Morgan fingerprint density at radius 3 is 2.82 bits per heavy atom. The Hall–Kier alpha value is -2.47. The number of amides is 1. The molecule has 1 aromatic carbocycles. The topological polar surface area (TPSA) is 54.5 Å². The number of halogens is 1. The lowest BCUT2D eigenvalue weighted by atomic mass is 9.96. The van der Waals surface area contributed by atoms with Gasteiger partial charge in [0.15, 0.2) is 11.6 Å². The molecule has 6 heteroatoms.